The highest BCUT2D eigenvalue weighted by molar-refractivity contribution is 7.10. The fourth-order valence-corrected chi connectivity index (χ4v) is 3.01. The normalized spacial score (nSPS) is 10.5. The first-order chi connectivity index (χ1) is 13.1. The second-order valence-corrected chi connectivity index (χ2v) is 6.79. The van der Waals surface area contributed by atoms with E-state index in [0.29, 0.717) is 39.6 Å². The average Bonchev–Trinajstić information content (AvgIpc) is 3.15. The number of rotatable bonds is 7. The molecule has 0 saturated heterocycles. The lowest BCUT2D eigenvalue weighted by atomic mass is 10.2. The molecule has 3 rings (SSSR count). The monoisotopic (exact) mass is 403 g/mol. The van der Waals surface area contributed by atoms with Crippen LogP contribution >= 0.6 is 23.1 Å². The number of hydrogen-bond acceptors (Lipinski definition) is 6. The first kappa shape index (κ1) is 19.1. The molecule has 1 amide bonds. The Morgan fingerprint density at radius 2 is 1.96 bits per heavy atom. The van der Waals surface area contributed by atoms with Crippen molar-refractivity contribution in [1.29, 1.82) is 0 Å². The van der Waals surface area contributed by atoms with Crippen LogP contribution in [0.1, 0.15) is 23.7 Å². The number of halogens is 1. The Labute approximate surface area is 166 Å². The highest BCUT2D eigenvalue weighted by Gasteiger charge is 2.13. The third-order valence-corrected chi connectivity index (χ3v) is 4.52. The van der Waals surface area contributed by atoms with Crippen molar-refractivity contribution in [2.75, 3.05) is 19.0 Å². The van der Waals surface area contributed by atoms with Gasteiger partial charge in [-0.15, -0.1) is 0 Å². The van der Waals surface area contributed by atoms with Gasteiger partial charge in [-0.3, -0.25) is 10.1 Å². The number of nitrogens with zero attached hydrogens (tertiary/aromatic N) is 2. The molecular formula is C19H18ClN3O3S. The van der Waals surface area contributed by atoms with E-state index in [1.54, 1.807) is 31.4 Å². The van der Waals surface area contributed by atoms with Crippen molar-refractivity contribution in [3.8, 4) is 22.9 Å². The van der Waals surface area contributed by atoms with Crippen molar-refractivity contribution in [3.05, 3.63) is 53.1 Å². The maximum Gasteiger partial charge on any atom is 0.257 e. The van der Waals surface area contributed by atoms with E-state index >= 15 is 0 Å². The Hall–Kier alpha value is -2.64. The van der Waals surface area contributed by atoms with E-state index in [1.165, 1.54) is 0 Å². The van der Waals surface area contributed by atoms with Gasteiger partial charge in [0.15, 0.2) is 17.3 Å². The lowest BCUT2D eigenvalue weighted by Gasteiger charge is -2.10. The third-order valence-electron chi connectivity index (χ3n) is 3.64. The maximum absolute atomic E-state index is 12.3. The summed E-state index contributed by atoms with van der Waals surface area (Å²) in [6.45, 7) is 2.66. The number of ether oxygens (including phenoxy) is 2. The number of carbonyl (C=O) groups is 1. The number of carbonyl (C=O) groups excluding carboxylic acids is 1. The first-order valence-corrected chi connectivity index (χ1v) is 9.47. The highest BCUT2D eigenvalue weighted by Crippen LogP contribution is 2.32. The summed E-state index contributed by atoms with van der Waals surface area (Å²) < 4.78 is 15.4. The zero-order valence-electron chi connectivity index (χ0n) is 14.9. The Morgan fingerprint density at radius 1 is 1.19 bits per heavy atom. The van der Waals surface area contributed by atoms with Gasteiger partial charge in [0.2, 0.25) is 5.13 Å². The molecule has 0 aliphatic carbocycles. The first-order valence-electron chi connectivity index (χ1n) is 8.32. The van der Waals surface area contributed by atoms with Gasteiger partial charge in [0, 0.05) is 27.7 Å². The smallest absolute Gasteiger partial charge is 0.257 e. The molecule has 1 aromatic heterocycles. The molecule has 27 heavy (non-hydrogen) atoms. The largest absolute Gasteiger partial charge is 0.493 e. The molecule has 0 bridgehead atoms. The van der Waals surface area contributed by atoms with Crippen molar-refractivity contribution >= 4 is 34.2 Å². The molecule has 0 saturated carbocycles. The summed E-state index contributed by atoms with van der Waals surface area (Å²) in [6, 6.07) is 12.1. The number of hydrogen-bond donors (Lipinski definition) is 1. The van der Waals surface area contributed by atoms with Crippen LogP contribution in [-0.2, 0) is 0 Å². The summed E-state index contributed by atoms with van der Waals surface area (Å²) >= 11 is 6.95. The van der Waals surface area contributed by atoms with Crippen LogP contribution in [0.25, 0.3) is 11.4 Å². The number of benzene rings is 2. The van der Waals surface area contributed by atoms with Gasteiger partial charge in [-0.1, -0.05) is 18.5 Å². The molecule has 0 fully saturated rings. The van der Waals surface area contributed by atoms with Gasteiger partial charge in [-0.2, -0.15) is 9.36 Å². The third kappa shape index (κ3) is 4.75. The Bertz CT molecular complexity index is 928. The molecule has 1 heterocycles. The van der Waals surface area contributed by atoms with Gasteiger partial charge in [0.1, 0.15) is 0 Å². The molecule has 1 N–H and O–H groups in total. The number of amides is 1. The van der Waals surface area contributed by atoms with Crippen LogP contribution in [0, 0.1) is 0 Å². The molecule has 0 radical (unpaired) electrons. The van der Waals surface area contributed by atoms with E-state index < -0.39 is 0 Å². The zero-order valence-corrected chi connectivity index (χ0v) is 16.4. The standard InChI is InChI=1S/C19H18ClN3O3S/c1-3-10-26-15-9-6-13(11-16(15)25-2)17-21-19(27-23-17)22-18(24)12-4-7-14(20)8-5-12/h4-9,11H,3,10H2,1-2H3,(H,21,22,23,24). The summed E-state index contributed by atoms with van der Waals surface area (Å²) in [5.74, 6) is 1.53. The van der Waals surface area contributed by atoms with E-state index in [2.05, 4.69) is 14.7 Å². The number of aromatic nitrogens is 2. The highest BCUT2D eigenvalue weighted by atomic mass is 35.5. The van der Waals surface area contributed by atoms with E-state index in [9.17, 15) is 4.79 Å². The molecule has 0 aliphatic rings. The van der Waals surface area contributed by atoms with E-state index in [-0.39, 0.29) is 5.91 Å². The second-order valence-electron chi connectivity index (χ2n) is 5.60. The molecule has 0 aliphatic heterocycles. The van der Waals surface area contributed by atoms with Gasteiger partial charge in [-0.05, 0) is 48.9 Å². The summed E-state index contributed by atoms with van der Waals surface area (Å²) in [7, 11) is 1.59. The quantitative estimate of drug-likeness (QED) is 0.606. The van der Waals surface area contributed by atoms with Gasteiger partial charge >= 0.3 is 0 Å². The van der Waals surface area contributed by atoms with Crippen LogP contribution in [0.4, 0.5) is 5.13 Å². The summed E-state index contributed by atoms with van der Waals surface area (Å²) in [6.07, 6.45) is 0.912. The molecule has 0 atom stereocenters. The fraction of sp³-hybridized carbons (Fsp3) is 0.211. The molecule has 8 heteroatoms. The minimum Gasteiger partial charge on any atom is -0.493 e. The molecule has 0 unspecified atom stereocenters. The van der Waals surface area contributed by atoms with Gasteiger partial charge in [0.05, 0.1) is 13.7 Å². The minimum absolute atomic E-state index is 0.268. The number of anilines is 1. The van der Waals surface area contributed by atoms with Gasteiger partial charge in [-0.25, -0.2) is 0 Å². The number of methoxy groups -OCH3 is 1. The predicted octanol–water partition coefficient (Wildman–Crippen LogP) is 4.91. The molecule has 3 aromatic rings. The van der Waals surface area contributed by atoms with Crippen LogP contribution in [0.2, 0.25) is 5.02 Å². The Morgan fingerprint density at radius 3 is 2.67 bits per heavy atom. The summed E-state index contributed by atoms with van der Waals surface area (Å²) in [5, 5.41) is 3.73. The van der Waals surface area contributed by atoms with E-state index in [0.717, 1.165) is 23.5 Å². The zero-order chi connectivity index (χ0) is 19.2. The topological polar surface area (TPSA) is 73.3 Å². The summed E-state index contributed by atoms with van der Waals surface area (Å²) in [5.41, 5.74) is 1.27. The lowest BCUT2D eigenvalue weighted by molar-refractivity contribution is 0.102. The van der Waals surface area contributed by atoms with Crippen molar-refractivity contribution in [2.45, 2.75) is 13.3 Å². The van der Waals surface area contributed by atoms with Gasteiger partial charge < -0.3 is 9.47 Å². The minimum atomic E-state index is -0.268. The van der Waals surface area contributed by atoms with Crippen LogP contribution in [-0.4, -0.2) is 29.0 Å². The van der Waals surface area contributed by atoms with Crippen molar-refractivity contribution in [3.63, 3.8) is 0 Å². The van der Waals surface area contributed by atoms with Crippen LogP contribution in [0.5, 0.6) is 11.5 Å². The van der Waals surface area contributed by atoms with Crippen LogP contribution in [0.3, 0.4) is 0 Å². The SMILES string of the molecule is CCCOc1ccc(-c2nsc(NC(=O)c3ccc(Cl)cc3)n2)cc1OC. The van der Waals surface area contributed by atoms with Crippen LogP contribution in [0.15, 0.2) is 42.5 Å². The van der Waals surface area contributed by atoms with E-state index in [4.69, 9.17) is 21.1 Å². The van der Waals surface area contributed by atoms with Crippen LogP contribution < -0.4 is 14.8 Å². The second kappa shape index (κ2) is 8.83. The lowest BCUT2D eigenvalue weighted by Crippen LogP contribution is -2.11. The molecule has 140 valence electrons. The number of nitrogens with one attached hydrogen (secondary N) is 1. The van der Waals surface area contributed by atoms with Crippen molar-refractivity contribution in [2.24, 2.45) is 0 Å². The molecule has 2 aromatic carbocycles. The Kier molecular flexibility index (Phi) is 6.26. The Balaban J connectivity index is 1.75. The average molecular weight is 404 g/mol. The molecule has 6 nitrogen and oxygen atoms in total. The van der Waals surface area contributed by atoms with Crippen molar-refractivity contribution < 1.29 is 14.3 Å². The van der Waals surface area contributed by atoms with Gasteiger partial charge in [0.25, 0.3) is 5.91 Å². The molecular weight excluding hydrogens is 386 g/mol. The molecule has 0 spiro atoms. The maximum atomic E-state index is 12.3. The van der Waals surface area contributed by atoms with E-state index in [1.807, 2.05) is 25.1 Å². The fourth-order valence-electron chi connectivity index (χ4n) is 2.30. The predicted molar refractivity (Wildman–Crippen MR) is 107 cm³/mol. The van der Waals surface area contributed by atoms with Crippen molar-refractivity contribution in [1.82, 2.24) is 9.36 Å². The summed E-state index contributed by atoms with van der Waals surface area (Å²) in [4.78, 5) is 16.6.